The third kappa shape index (κ3) is 2.30. The molecule has 0 aromatic carbocycles. The molecule has 1 fully saturated rings. The lowest BCUT2D eigenvalue weighted by Gasteiger charge is -2.24. The number of hydrogen-bond donors (Lipinski definition) is 1. The minimum atomic E-state index is -0.548. The predicted octanol–water partition coefficient (Wildman–Crippen LogP) is -0.344. The van der Waals surface area contributed by atoms with Gasteiger partial charge < -0.3 is 19.5 Å². The predicted molar refractivity (Wildman–Crippen MR) is 55.3 cm³/mol. The number of carbonyl (C=O) groups excluding carboxylic acids is 1. The second kappa shape index (κ2) is 4.93. The Balaban J connectivity index is 2.03. The third-order valence-corrected chi connectivity index (χ3v) is 2.26. The summed E-state index contributed by atoms with van der Waals surface area (Å²) < 4.78 is 9.78. The average Bonchev–Trinajstić information content (AvgIpc) is 2.80. The number of carbonyl (C=O) groups is 1. The molecule has 1 aromatic rings. The van der Waals surface area contributed by atoms with Gasteiger partial charge in [-0.25, -0.2) is 4.79 Å². The fourth-order valence-corrected chi connectivity index (χ4v) is 1.48. The molecule has 0 atom stereocenters. The number of nitrogens with zero attached hydrogens (tertiary/aromatic N) is 3. The van der Waals surface area contributed by atoms with Gasteiger partial charge in [0.2, 0.25) is 0 Å². The smallest absolute Gasteiger partial charge is 0.380 e. The van der Waals surface area contributed by atoms with E-state index in [1.807, 2.05) is 4.90 Å². The first-order chi connectivity index (χ1) is 7.81. The summed E-state index contributed by atoms with van der Waals surface area (Å²) in [5, 5.41) is 6.80. The Morgan fingerprint density at radius 2 is 2.31 bits per heavy atom. The van der Waals surface area contributed by atoms with E-state index in [0.29, 0.717) is 12.6 Å². The molecule has 2 heterocycles. The lowest BCUT2D eigenvalue weighted by molar-refractivity contribution is 0.0508. The van der Waals surface area contributed by atoms with Crippen molar-refractivity contribution in [3.05, 3.63) is 5.82 Å². The van der Waals surface area contributed by atoms with E-state index in [1.165, 1.54) is 0 Å². The van der Waals surface area contributed by atoms with E-state index >= 15 is 0 Å². The Morgan fingerprint density at radius 3 is 3.00 bits per heavy atom. The number of esters is 1. The number of nitrogens with one attached hydrogen (secondary N) is 1. The number of rotatable bonds is 3. The first-order valence-electron chi connectivity index (χ1n) is 5.27. The zero-order valence-corrected chi connectivity index (χ0v) is 9.10. The van der Waals surface area contributed by atoms with Gasteiger partial charge in [0.25, 0.3) is 5.82 Å². The van der Waals surface area contributed by atoms with Crippen molar-refractivity contribution in [2.75, 3.05) is 37.7 Å². The maximum absolute atomic E-state index is 11.3. The number of ether oxygens (including phenoxy) is 1. The Bertz CT molecular complexity index is 359. The van der Waals surface area contributed by atoms with Crippen LogP contribution in [-0.4, -0.2) is 48.9 Å². The molecule has 0 bridgehead atoms. The molecule has 7 heteroatoms. The maximum atomic E-state index is 11.3. The summed E-state index contributed by atoms with van der Waals surface area (Å²) in [4.78, 5) is 17.2. The van der Waals surface area contributed by atoms with E-state index in [1.54, 1.807) is 6.92 Å². The molecule has 1 saturated heterocycles. The summed E-state index contributed by atoms with van der Waals surface area (Å²) in [6.07, 6.45) is 0. The molecule has 0 spiro atoms. The van der Waals surface area contributed by atoms with Gasteiger partial charge in [-0.3, -0.25) is 0 Å². The lowest BCUT2D eigenvalue weighted by atomic mass is 10.4. The molecule has 2 rings (SSSR count). The van der Waals surface area contributed by atoms with Gasteiger partial charge in [0.1, 0.15) is 0 Å². The molecule has 88 valence electrons. The largest absolute Gasteiger partial charge is 0.460 e. The van der Waals surface area contributed by atoms with Gasteiger partial charge in [-0.1, -0.05) is 0 Å². The van der Waals surface area contributed by atoms with E-state index in [4.69, 9.17) is 9.26 Å². The Hall–Kier alpha value is -1.63. The quantitative estimate of drug-likeness (QED) is 0.706. The normalized spacial score (nSPS) is 16.2. The summed E-state index contributed by atoms with van der Waals surface area (Å²) in [5.74, 6) is -0.567. The van der Waals surface area contributed by atoms with Crippen LogP contribution in [0.25, 0.3) is 0 Å². The summed E-state index contributed by atoms with van der Waals surface area (Å²) in [5.41, 5.74) is 0. The molecule has 1 aromatic heterocycles. The average molecular weight is 226 g/mol. The first kappa shape index (κ1) is 10.9. The number of aromatic nitrogens is 2. The van der Waals surface area contributed by atoms with Crippen LogP contribution in [0.3, 0.4) is 0 Å². The molecule has 16 heavy (non-hydrogen) atoms. The highest BCUT2D eigenvalue weighted by molar-refractivity contribution is 5.85. The van der Waals surface area contributed by atoms with Crippen molar-refractivity contribution in [3.8, 4) is 0 Å². The van der Waals surface area contributed by atoms with Gasteiger partial charge in [0.05, 0.1) is 6.61 Å². The Labute approximate surface area is 92.7 Å². The van der Waals surface area contributed by atoms with Gasteiger partial charge in [-0.05, 0) is 12.1 Å². The highest BCUT2D eigenvalue weighted by Gasteiger charge is 2.20. The summed E-state index contributed by atoms with van der Waals surface area (Å²) in [7, 11) is 0. The van der Waals surface area contributed by atoms with Crippen LogP contribution < -0.4 is 10.2 Å². The molecule has 1 aliphatic heterocycles. The molecule has 0 amide bonds. The fourth-order valence-electron chi connectivity index (χ4n) is 1.48. The van der Waals surface area contributed by atoms with Gasteiger partial charge in [-0.2, -0.15) is 4.98 Å². The van der Waals surface area contributed by atoms with Crippen LogP contribution in [0, 0.1) is 0 Å². The Kier molecular flexibility index (Phi) is 3.35. The fraction of sp³-hybridized carbons (Fsp3) is 0.667. The molecule has 0 unspecified atom stereocenters. The summed E-state index contributed by atoms with van der Waals surface area (Å²) in [6, 6.07) is 0.379. The topological polar surface area (TPSA) is 80.5 Å². The van der Waals surface area contributed by atoms with Gasteiger partial charge in [0.15, 0.2) is 0 Å². The zero-order valence-electron chi connectivity index (χ0n) is 9.10. The SMILES string of the molecule is CCOC(=O)c1noc(N2CCNCC2)n1. The van der Waals surface area contributed by atoms with E-state index in [9.17, 15) is 4.79 Å². The van der Waals surface area contributed by atoms with Gasteiger partial charge in [-0.15, -0.1) is 0 Å². The van der Waals surface area contributed by atoms with Crippen LogP contribution >= 0.6 is 0 Å². The molecular weight excluding hydrogens is 212 g/mol. The minimum absolute atomic E-state index is 0.0182. The molecular formula is C9H14N4O3. The van der Waals surface area contributed by atoms with Gasteiger partial charge in [0, 0.05) is 26.2 Å². The molecule has 0 aliphatic carbocycles. The van der Waals surface area contributed by atoms with Crippen LogP contribution in [0.4, 0.5) is 6.01 Å². The molecule has 1 aliphatic rings. The van der Waals surface area contributed by atoms with Crippen LogP contribution in [0.15, 0.2) is 4.52 Å². The molecule has 1 N–H and O–H groups in total. The van der Waals surface area contributed by atoms with Crippen molar-refractivity contribution in [2.24, 2.45) is 0 Å². The second-order valence-electron chi connectivity index (χ2n) is 3.36. The molecule has 0 saturated carbocycles. The Morgan fingerprint density at radius 1 is 1.56 bits per heavy atom. The number of hydrogen-bond acceptors (Lipinski definition) is 7. The minimum Gasteiger partial charge on any atom is -0.460 e. The lowest BCUT2D eigenvalue weighted by Crippen LogP contribution is -2.43. The third-order valence-electron chi connectivity index (χ3n) is 2.26. The van der Waals surface area contributed by atoms with E-state index in [-0.39, 0.29) is 5.82 Å². The van der Waals surface area contributed by atoms with E-state index in [2.05, 4.69) is 15.5 Å². The summed E-state index contributed by atoms with van der Waals surface area (Å²) >= 11 is 0. The van der Waals surface area contributed by atoms with Crippen molar-refractivity contribution in [2.45, 2.75) is 6.92 Å². The van der Waals surface area contributed by atoms with Crippen LogP contribution in [0.5, 0.6) is 0 Å². The monoisotopic (exact) mass is 226 g/mol. The van der Waals surface area contributed by atoms with E-state index in [0.717, 1.165) is 26.2 Å². The number of anilines is 1. The molecule has 7 nitrogen and oxygen atoms in total. The van der Waals surface area contributed by atoms with Crippen molar-refractivity contribution in [1.29, 1.82) is 0 Å². The van der Waals surface area contributed by atoms with Crippen LogP contribution in [0.1, 0.15) is 17.5 Å². The van der Waals surface area contributed by atoms with Crippen LogP contribution in [0.2, 0.25) is 0 Å². The highest BCUT2D eigenvalue weighted by atomic mass is 16.5. The highest BCUT2D eigenvalue weighted by Crippen LogP contribution is 2.11. The van der Waals surface area contributed by atoms with Crippen molar-refractivity contribution in [1.82, 2.24) is 15.5 Å². The maximum Gasteiger partial charge on any atom is 0.380 e. The van der Waals surface area contributed by atoms with E-state index < -0.39 is 5.97 Å². The standard InChI is InChI=1S/C9H14N4O3/c1-2-15-8(14)7-11-9(16-12-7)13-5-3-10-4-6-13/h10H,2-6H2,1H3. The van der Waals surface area contributed by atoms with Gasteiger partial charge >= 0.3 is 12.0 Å². The number of piperazine rings is 1. The summed E-state index contributed by atoms with van der Waals surface area (Å²) in [6.45, 7) is 5.37. The van der Waals surface area contributed by atoms with Crippen molar-refractivity contribution in [3.63, 3.8) is 0 Å². The van der Waals surface area contributed by atoms with Crippen molar-refractivity contribution < 1.29 is 14.1 Å². The van der Waals surface area contributed by atoms with Crippen LogP contribution in [-0.2, 0) is 4.74 Å². The zero-order chi connectivity index (χ0) is 11.4. The first-order valence-corrected chi connectivity index (χ1v) is 5.27. The van der Waals surface area contributed by atoms with Crippen molar-refractivity contribution >= 4 is 12.0 Å². The second-order valence-corrected chi connectivity index (χ2v) is 3.36. The molecule has 0 radical (unpaired) electrons.